The molecule has 2 amide bonds. The van der Waals surface area contributed by atoms with Crippen molar-refractivity contribution >= 4 is 11.8 Å². The van der Waals surface area contributed by atoms with Crippen LogP contribution in [0.2, 0.25) is 0 Å². The summed E-state index contributed by atoms with van der Waals surface area (Å²) in [6.45, 7) is 1.20. The minimum Gasteiger partial charge on any atom is -0.342 e. The van der Waals surface area contributed by atoms with Gasteiger partial charge >= 0.3 is 12.3 Å². The van der Waals surface area contributed by atoms with Crippen LogP contribution < -0.4 is 10.6 Å². The zero-order chi connectivity index (χ0) is 13.8. The van der Waals surface area contributed by atoms with Crippen molar-refractivity contribution in [3.63, 3.8) is 0 Å². The van der Waals surface area contributed by atoms with Crippen LogP contribution in [0.4, 0.5) is 17.6 Å². The van der Waals surface area contributed by atoms with E-state index < -0.39 is 30.7 Å². The molecule has 1 aliphatic heterocycles. The zero-order valence-corrected chi connectivity index (χ0v) is 9.39. The Bertz CT molecular complexity index is 319. The van der Waals surface area contributed by atoms with E-state index in [1.54, 1.807) is 0 Å². The maximum absolute atomic E-state index is 12.5. The van der Waals surface area contributed by atoms with Crippen molar-refractivity contribution in [2.24, 2.45) is 0 Å². The summed E-state index contributed by atoms with van der Waals surface area (Å²) in [6, 6.07) is 0. The highest BCUT2D eigenvalue weighted by molar-refractivity contribution is 5.88. The van der Waals surface area contributed by atoms with Gasteiger partial charge in [0.25, 0.3) is 5.91 Å². The van der Waals surface area contributed by atoms with Crippen molar-refractivity contribution in [3.05, 3.63) is 0 Å². The number of nitrogens with one attached hydrogen (secondary N) is 2. The van der Waals surface area contributed by atoms with Gasteiger partial charge in [-0.25, -0.2) is 8.78 Å². The van der Waals surface area contributed by atoms with Gasteiger partial charge in [-0.3, -0.25) is 9.59 Å². The summed E-state index contributed by atoms with van der Waals surface area (Å²) in [7, 11) is 0. The summed E-state index contributed by atoms with van der Waals surface area (Å²) in [5.74, 6) is -7.49. The highest BCUT2D eigenvalue weighted by Gasteiger charge is 2.48. The molecule has 104 valence electrons. The molecule has 0 bridgehead atoms. The number of carbonyl (C=O) groups is 2. The number of halogens is 4. The summed E-state index contributed by atoms with van der Waals surface area (Å²) in [4.78, 5) is 23.6. The lowest BCUT2D eigenvalue weighted by Gasteiger charge is -2.27. The minimum absolute atomic E-state index is 0.389. The van der Waals surface area contributed by atoms with Crippen LogP contribution >= 0.6 is 0 Å². The van der Waals surface area contributed by atoms with E-state index in [1.807, 2.05) is 0 Å². The van der Waals surface area contributed by atoms with Crippen molar-refractivity contribution in [1.29, 1.82) is 0 Å². The Labute approximate surface area is 100 Å². The second kappa shape index (κ2) is 5.98. The lowest BCUT2D eigenvalue weighted by Crippen LogP contribution is -2.52. The van der Waals surface area contributed by atoms with Crippen LogP contribution in [-0.2, 0) is 9.59 Å². The fourth-order valence-electron chi connectivity index (χ4n) is 1.40. The molecule has 2 N–H and O–H groups in total. The van der Waals surface area contributed by atoms with Crippen LogP contribution in [0.25, 0.3) is 0 Å². The van der Waals surface area contributed by atoms with E-state index in [0.717, 1.165) is 0 Å². The Balaban J connectivity index is 2.40. The van der Waals surface area contributed by atoms with Crippen LogP contribution in [-0.4, -0.2) is 61.8 Å². The summed E-state index contributed by atoms with van der Waals surface area (Å²) in [5, 5.41) is 4.49. The first-order valence-corrected chi connectivity index (χ1v) is 5.28. The highest BCUT2D eigenvalue weighted by Crippen LogP contribution is 2.22. The molecule has 0 saturated carbocycles. The maximum Gasteiger partial charge on any atom is 0.383 e. The molecule has 1 rings (SSSR count). The van der Waals surface area contributed by atoms with Crippen LogP contribution in [0, 0.1) is 0 Å². The molecule has 1 fully saturated rings. The molecule has 0 aromatic carbocycles. The predicted molar refractivity (Wildman–Crippen MR) is 53.4 cm³/mol. The average molecular weight is 271 g/mol. The number of nitrogens with zero attached hydrogens (tertiary/aromatic N) is 1. The van der Waals surface area contributed by atoms with Crippen LogP contribution in [0.15, 0.2) is 0 Å². The van der Waals surface area contributed by atoms with Gasteiger partial charge in [0, 0.05) is 26.2 Å². The van der Waals surface area contributed by atoms with E-state index in [9.17, 15) is 27.2 Å². The topological polar surface area (TPSA) is 61.4 Å². The molecule has 1 saturated heterocycles. The Morgan fingerprint density at radius 1 is 1.28 bits per heavy atom. The molecule has 18 heavy (non-hydrogen) atoms. The third-order valence-corrected chi connectivity index (χ3v) is 2.45. The van der Waals surface area contributed by atoms with Gasteiger partial charge in [0.1, 0.15) is 0 Å². The van der Waals surface area contributed by atoms with E-state index in [2.05, 4.69) is 5.32 Å². The first kappa shape index (κ1) is 14.7. The van der Waals surface area contributed by atoms with Crippen molar-refractivity contribution in [1.82, 2.24) is 15.5 Å². The third kappa shape index (κ3) is 3.56. The summed E-state index contributed by atoms with van der Waals surface area (Å²) < 4.78 is 48.7. The van der Waals surface area contributed by atoms with E-state index >= 15 is 0 Å². The second-order valence-electron chi connectivity index (χ2n) is 3.74. The van der Waals surface area contributed by atoms with Gasteiger partial charge in [-0.05, 0) is 0 Å². The molecule has 0 spiro atoms. The van der Waals surface area contributed by atoms with Crippen molar-refractivity contribution in [3.8, 4) is 0 Å². The highest BCUT2D eigenvalue weighted by atomic mass is 19.3. The summed E-state index contributed by atoms with van der Waals surface area (Å²) in [5.41, 5.74) is 0. The average Bonchev–Trinajstić information content (AvgIpc) is 2.36. The number of piperazine rings is 1. The van der Waals surface area contributed by atoms with E-state index in [-0.39, 0.29) is 0 Å². The molecule has 0 aromatic heterocycles. The quantitative estimate of drug-likeness (QED) is 0.673. The van der Waals surface area contributed by atoms with Gasteiger partial charge in [-0.1, -0.05) is 0 Å². The summed E-state index contributed by atoms with van der Waals surface area (Å²) >= 11 is 0. The van der Waals surface area contributed by atoms with Crippen LogP contribution in [0.3, 0.4) is 0 Å². The Hall–Kier alpha value is -1.38. The molecule has 0 aliphatic carbocycles. The minimum atomic E-state index is -4.77. The Morgan fingerprint density at radius 3 is 2.33 bits per heavy atom. The lowest BCUT2D eigenvalue weighted by molar-refractivity contribution is -0.170. The smallest absolute Gasteiger partial charge is 0.342 e. The predicted octanol–water partition coefficient (Wildman–Crippen LogP) is -0.565. The normalized spacial score (nSPS) is 16.8. The zero-order valence-electron chi connectivity index (χ0n) is 9.39. The molecule has 1 aliphatic rings. The second-order valence-corrected chi connectivity index (χ2v) is 3.74. The fraction of sp³-hybridized carbons (Fsp3) is 0.778. The first-order valence-electron chi connectivity index (χ1n) is 5.28. The molecular weight excluding hydrogens is 258 g/mol. The molecule has 1 heterocycles. The monoisotopic (exact) mass is 271 g/mol. The molecular formula is C9H13F4N3O2. The molecule has 0 radical (unpaired) electrons. The number of amides is 2. The summed E-state index contributed by atoms with van der Waals surface area (Å²) in [6.07, 6.45) is -4.09. The molecule has 9 heteroatoms. The number of hydrogen-bond acceptors (Lipinski definition) is 3. The van der Waals surface area contributed by atoms with Gasteiger partial charge in [0.2, 0.25) is 5.91 Å². The van der Waals surface area contributed by atoms with Crippen LogP contribution in [0.1, 0.15) is 0 Å². The third-order valence-electron chi connectivity index (χ3n) is 2.45. The van der Waals surface area contributed by atoms with E-state index in [0.29, 0.717) is 26.2 Å². The Kier molecular flexibility index (Phi) is 4.88. The van der Waals surface area contributed by atoms with Crippen LogP contribution in [0.5, 0.6) is 0 Å². The molecule has 0 unspecified atom stereocenters. The number of alkyl halides is 4. The lowest BCUT2D eigenvalue weighted by atomic mass is 10.3. The maximum atomic E-state index is 12.5. The standard InChI is InChI=1S/C9H13F4N3O2/c10-7(11)9(12,13)8(18)15-5-6(17)16-3-1-14-2-4-16/h7,14H,1-5H2,(H,15,18). The first-order chi connectivity index (χ1) is 8.35. The number of rotatable bonds is 4. The SMILES string of the molecule is O=C(CNC(=O)C(F)(F)C(F)F)N1CCNCC1. The van der Waals surface area contributed by atoms with E-state index in [1.165, 1.54) is 10.2 Å². The Morgan fingerprint density at radius 2 is 1.83 bits per heavy atom. The van der Waals surface area contributed by atoms with Crippen molar-refractivity contribution in [2.75, 3.05) is 32.7 Å². The number of hydrogen-bond donors (Lipinski definition) is 2. The van der Waals surface area contributed by atoms with Crippen molar-refractivity contribution in [2.45, 2.75) is 12.3 Å². The molecule has 0 atom stereocenters. The molecule has 0 aromatic rings. The van der Waals surface area contributed by atoms with Crippen molar-refractivity contribution < 1.29 is 27.2 Å². The van der Waals surface area contributed by atoms with Gasteiger partial charge in [-0.15, -0.1) is 0 Å². The fourth-order valence-corrected chi connectivity index (χ4v) is 1.40. The largest absolute Gasteiger partial charge is 0.383 e. The van der Waals surface area contributed by atoms with Gasteiger partial charge in [0.15, 0.2) is 0 Å². The van der Waals surface area contributed by atoms with Gasteiger partial charge in [0.05, 0.1) is 6.54 Å². The number of carbonyl (C=O) groups excluding carboxylic acids is 2. The molecule has 5 nitrogen and oxygen atoms in total. The van der Waals surface area contributed by atoms with Gasteiger partial charge in [-0.2, -0.15) is 8.78 Å². The van der Waals surface area contributed by atoms with Gasteiger partial charge < -0.3 is 15.5 Å². The van der Waals surface area contributed by atoms with E-state index in [4.69, 9.17) is 0 Å².